The molecule has 0 aromatic heterocycles. The van der Waals surface area contributed by atoms with Crippen molar-refractivity contribution in [3.05, 3.63) is 0 Å². The van der Waals surface area contributed by atoms with Gasteiger partial charge in [-0.3, -0.25) is 9.68 Å². The molecule has 0 aromatic rings. The Balaban J connectivity index is 3.24. The third-order valence-electron chi connectivity index (χ3n) is 1.86. The smallest absolute Gasteiger partial charge is 0.342 e. The number of hydrogen-bond donors (Lipinski definition) is 1. The summed E-state index contributed by atoms with van der Waals surface area (Å²) in [5.41, 5.74) is 0. The maximum Gasteiger partial charge on any atom is 0.342 e. The van der Waals surface area contributed by atoms with E-state index in [-0.39, 0.29) is 18.5 Å². The van der Waals surface area contributed by atoms with Gasteiger partial charge in [0.15, 0.2) is 0 Å². The second-order valence-electron chi connectivity index (χ2n) is 3.91. The van der Waals surface area contributed by atoms with Gasteiger partial charge in [-0.15, -0.1) is 0 Å². The summed E-state index contributed by atoms with van der Waals surface area (Å²) in [5.74, 6) is -1.14. The van der Waals surface area contributed by atoms with Gasteiger partial charge in [-0.2, -0.15) is 4.89 Å². The molecule has 0 aliphatic rings. The first-order valence-corrected chi connectivity index (χ1v) is 5.60. The molecule has 0 amide bonds. The number of hydrogen-bond acceptors (Lipinski definition) is 4. The van der Waals surface area contributed by atoms with Crippen LogP contribution in [0.5, 0.6) is 0 Å². The molecule has 0 atom stereocenters. The third kappa shape index (κ3) is 11.0. The van der Waals surface area contributed by atoms with E-state index in [1.54, 1.807) is 13.8 Å². The predicted octanol–water partition coefficient (Wildman–Crippen LogP) is 2.29. The van der Waals surface area contributed by atoms with Crippen LogP contribution < -0.4 is 0 Å². The largest absolute Gasteiger partial charge is 0.481 e. The topological polar surface area (TPSA) is 72.8 Å². The molecule has 0 fully saturated rings. The minimum atomic E-state index is -0.773. The predicted molar refractivity (Wildman–Crippen MR) is 57.7 cm³/mol. The average molecular weight is 232 g/mol. The molecule has 0 saturated heterocycles. The van der Waals surface area contributed by atoms with Crippen molar-refractivity contribution < 1.29 is 24.5 Å². The number of carbonyl (C=O) groups excluding carboxylic acids is 1. The fraction of sp³-hybridized carbons (Fsp3) is 0.818. The highest BCUT2D eigenvalue weighted by molar-refractivity contribution is 5.68. The molecule has 0 aliphatic carbocycles. The number of carbonyl (C=O) groups is 2. The SMILES string of the molecule is CC(C)OOC(=O)CCCCCCC(=O)O. The summed E-state index contributed by atoms with van der Waals surface area (Å²) in [6.45, 7) is 3.55. The van der Waals surface area contributed by atoms with Crippen LogP contribution in [0.25, 0.3) is 0 Å². The maximum atomic E-state index is 11.0. The Morgan fingerprint density at radius 2 is 1.62 bits per heavy atom. The Hall–Kier alpha value is -1.10. The van der Waals surface area contributed by atoms with E-state index in [9.17, 15) is 9.59 Å². The van der Waals surface area contributed by atoms with Crippen LogP contribution in [0.1, 0.15) is 52.4 Å². The van der Waals surface area contributed by atoms with E-state index in [0.717, 1.165) is 12.8 Å². The zero-order chi connectivity index (χ0) is 12.4. The highest BCUT2D eigenvalue weighted by Gasteiger charge is 2.05. The second-order valence-corrected chi connectivity index (χ2v) is 3.91. The minimum Gasteiger partial charge on any atom is -0.481 e. The first kappa shape index (κ1) is 14.9. The van der Waals surface area contributed by atoms with Crippen LogP contribution >= 0.6 is 0 Å². The second kappa shape index (κ2) is 9.15. The molecule has 0 aliphatic heterocycles. The molecular formula is C11H20O5. The first-order valence-electron chi connectivity index (χ1n) is 5.60. The van der Waals surface area contributed by atoms with Crippen molar-refractivity contribution in [2.24, 2.45) is 0 Å². The summed E-state index contributed by atoms with van der Waals surface area (Å²) >= 11 is 0. The quantitative estimate of drug-likeness (QED) is 0.375. The highest BCUT2D eigenvalue weighted by Crippen LogP contribution is 2.06. The molecule has 16 heavy (non-hydrogen) atoms. The van der Waals surface area contributed by atoms with E-state index in [2.05, 4.69) is 9.78 Å². The summed E-state index contributed by atoms with van der Waals surface area (Å²) < 4.78 is 0. The van der Waals surface area contributed by atoms with Crippen LogP contribution in [0, 0.1) is 0 Å². The minimum absolute atomic E-state index is 0.125. The molecule has 5 heteroatoms. The molecule has 0 unspecified atom stereocenters. The Bertz CT molecular complexity index is 212. The standard InChI is InChI=1S/C11H20O5/c1-9(2)15-16-11(14)8-6-4-3-5-7-10(12)13/h9H,3-8H2,1-2H3,(H,12,13). The van der Waals surface area contributed by atoms with E-state index in [1.807, 2.05) is 0 Å². The van der Waals surface area contributed by atoms with Crippen LogP contribution in [0.2, 0.25) is 0 Å². The number of carboxylic acids is 1. The van der Waals surface area contributed by atoms with Crippen LogP contribution in [-0.2, 0) is 19.4 Å². The van der Waals surface area contributed by atoms with Crippen LogP contribution in [0.15, 0.2) is 0 Å². The monoisotopic (exact) mass is 232 g/mol. The van der Waals surface area contributed by atoms with Gasteiger partial charge in [-0.05, 0) is 26.7 Å². The van der Waals surface area contributed by atoms with Crippen LogP contribution in [0.4, 0.5) is 0 Å². The summed E-state index contributed by atoms with van der Waals surface area (Å²) in [6.07, 6.45) is 3.42. The molecule has 0 heterocycles. The van der Waals surface area contributed by atoms with Gasteiger partial charge >= 0.3 is 11.9 Å². The van der Waals surface area contributed by atoms with E-state index in [0.29, 0.717) is 19.3 Å². The van der Waals surface area contributed by atoms with Crippen molar-refractivity contribution in [3.8, 4) is 0 Å². The van der Waals surface area contributed by atoms with Gasteiger partial charge in [0, 0.05) is 12.8 Å². The molecule has 0 rings (SSSR count). The van der Waals surface area contributed by atoms with Gasteiger partial charge in [-0.25, -0.2) is 4.79 Å². The summed E-state index contributed by atoms with van der Waals surface area (Å²) in [7, 11) is 0. The van der Waals surface area contributed by atoms with Crippen molar-refractivity contribution in [1.82, 2.24) is 0 Å². The summed E-state index contributed by atoms with van der Waals surface area (Å²) in [5, 5.41) is 8.39. The molecule has 0 radical (unpaired) electrons. The molecule has 0 saturated carbocycles. The van der Waals surface area contributed by atoms with Crippen molar-refractivity contribution in [2.75, 3.05) is 0 Å². The maximum absolute atomic E-state index is 11.0. The van der Waals surface area contributed by atoms with Gasteiger partial charge in [0.1, 0.15) is 0 Å². The molecule has 1 N–H and O–H groups in total. The fourth-order valence-electron chi connectivity index (χ4n) is 1.09. The van der Waals surface area contributed by atoms with E-state index < -0.39 is 5.97 Å². The Labute approximate surface area is 95.7 Å². The van der Waals surface area contributed by atoms with E-state index in [4.69, 9.17) is 5.11 Å². The molecule has 5 nitrogen and oxygen atoms in total. The zero-order valence-electron chi connectivity index (χ0n) is 9.90. The van der Waals surface area contributed by atoms with E-state index in [1.165, 1.54) is 0 Å². The summed E-state index contributed by atoms with van der Waals surface area (Å²) in [6, 6.07) is 0. The van der Waals surface area contributed by atoms with Crippen molar-refractivity contribution in [1.29, 1.82) is 0 Å². The Kier molecular flexibility index (Phi) is 8.52. The van der Waals surface area contributed by atoms with Crippen molar-refractivity contribution in [3.63, 3.8) is 0 Å². The number of unbranched alkanes of at least 4 members (excludes halogenated alkanes) is 3. The van der Waals surface area contributed by atoms with Crippen molar-refractivity contribution in [2.45, 2.75) is 58.5 Å². The van der Waals surface area contributed by atoms with Crippen LogP contribution in [0.3, 0.4) is 0 Å². The van der Waals surface area contributed by atoms with Gasteiger partial charge in [-0.1, -0.05) is 12.8 Å². The number of aliphatic carboxylic acids is 1. The lowest BCUT2D eigenvalue weighted by Crippen LogP contribution is -2.10. The number of rotatable bonds is 9. The Morgan fingerprint density at radius 1 is 1.06 bits per heavy atom. The van der Waals surface area contributed by atoms with Crippen LogP contribution in [-0.4, -0.2) is 23.1 Å². The van der Waals surface area contributed by atoms with Gasteiger partial charge < -0.3 is 5.11 Å². The van der Waals surface area contributed by atoms with Gasteiger partial charge in [0.2, 0.25) is 0 Å². The Morgan fingerprint density at radius 3 is 2.12 bits per heavy atom. The van der Waals surface area contributed by atoms with Crippen molar-refractivity contribution >= 4 is 11.9 Å². The normalized spacial score (nSPS) is 10.4. The lowest BCUT2D eigenvalue weighted by atomic mass is 10.1. The first-order chi connectivity index (χ1) is 7.52. The molecular weight excluding hydrogens is 212 g/mol. The highest BCUT2D eigenvalue weighted by atomic mass is 17.2. The average Bonchev–Trinajstić information content (AvgIpc) is 2.19. The molecule has 0 aromatic carbocycles. The van der Waals surface area contributed by atoms with Gasteiger partial charge in [0.25, 0.3) is 0 Å². The van der Waals surface area contributed by atoms with Gasteiger partial charge in [0.05, 0.1) is 6.10 Å². The lowest BCUT2D eigenvalue weighted by molar-refractivity contribution is -0.291. The van der Waals surface area contributed by atoms with E-state index >= 15 is 0 Å². The molecule has 94 valence electrons. The lowest BCUT2D eigenvalue weighted by Gasteiger charge is -2.05. The number of carboxylic acid groups (broad SMARTS) is 1. The molecule has 0 spiro atoms. The third-order valence-corrected chi connectivity index (χ3v) is 1.86. The summed E-state index contributed by atoms with van der Waals surface area (Å²) in [4.78, 5) is 30.4. The molecule has 0 bridgehead atoms. The fourth-order valence-corrected chi connectivity index (χ4v) is 1.09. The zero-order valence-corrected chi connectivity index (χ0v) is 9.90.